The number of thiophene rings is 1. The molecule has 8 heteroatoms. The van der Waals surface area contributed by atoms with E-state index in [1.54, 1.807) is 23.5 Å². The largest absolute Gasteiger partial charge is 0.401 e. The predicted molar refractivity (Wildman–Crippen MR) is 107 cm³/mol. The van der Waals surface area contributed by atoms with Crippen molar-refractivity contribution >= 4 is 11.3 Å². The smallest absolute Gasteiger partial charge is 0.297 e. The number of alkyl halides is 3. The molecule has 1 unspecified atom stereocenters. The van der Waals surface area contributed by atoms with Crippen molar-refractivity contribution in [3.05, 3.63) is 47.1 Å². The zero-order valence-corrected chi connectivity index (χ0v) is 17.0. The molecule has 0 spiro atoms. The summed E-state index contributed by atoms with van der Waals surface area (Å²) in [5.41, 5.74) is 0.637. The highest BCUT2D eigenvalue weighted by Crippen LogP contribution is 2.31. The molecule has 0 saturated carbocycles. The molecule has 158 valence electrons. The average molecular weight is 428 g/mol. The van der Waals surface area contributed by atoms with Gasteiger partial charge in [-0.3, -0.25) is 14.7 Å². The van der Waals surface area contributed by atoms with Crippen LogP contribution in [0.5, 0.6) is 0 Å². The van der Waals surface area contributed by atoms with Gasteiger partial charge < -0.3 is 0 Å². The molecule has 1 aromatic heterocycles. The first kappa shape index (κ1) is 20.8. The van der Waals surface area contributed by atoms with Gasteiger partial charge in [-0.2, -0.15) is 13.2 Å². The van der Waals surface area contributed by atoms with Crippen LogP contribution in [0.1, 0.15) is 11.3 Å². The maximum atomic E-state index is 14.0. The second-order valence-electron chi connectivity index (χ2n) is 7.85. The normalized spacial score (nSPS) is 22.4. The number of halogens is 4. The number of rotatable bonds is 5. The molecule has 3 heterocycles. The first-order valence-electron chi connectivity index (χ1n) is 9.96. The monoisotopic (exact) mass is 427 g/mol. The van der Waals surface area contributed by atoms with Gasteiger partial charge in [0, 0.05) is 67.2 Å². The first-order valence-corrected chi connectivity index (χ1v) is 10.8. The van der Waals surface area contributed by atoms with Crippen LogP contribution >= 0.6 is 11.3 Å². The standard InChI is InChI=1S/C21H25F4N3S/c22-19-4-2-1-3-18(19)20-6-5-17(29-20)14-26-9-11-28(12-10-26)16-7-8-27(13-16)15-21(23,24)25/h1-6,16H,7-15H2. The number of likely N-dealkylation sites (tertiary alicyclic amines) is 1. The van der Waals surface area contributed by atoms with E-state index in [9.17, 15) is 17.6 Å². The van der Waals surface area contributed by atoms with Gasteiger partial charge in [0.05, 0.1) is 6.54 Å². The summed E-state index contributed by atoms with van der Waals surface area (Å²) in [5.74, 6) is -0.203. The van der Waals surface area contributed by atoms with E-state index in [0.29, 0.717) is 18.7 Å². The van der Waals surface area contributed by atoms with E-state index < -0.39 is 12.7 Å². The molecule has 2 aliphatic heterocycles. The fourth-order valence-electron chi connectivity index (χ4n) is 4.28. The van der Waals surface area contributed by atoms with Crippen LogP contribution in [0.3, 0.4) is 0 Å². The van der Waals surface area contributed by atoms with Crippen LogP contribution in [0.15, 0.2) is 36.4 Å². The van der Waals surface area contributed by atoms with Crippen LogP contribution in [-0.2, 0) is 6.54 Å². The van der Waals surface area contributed by atoms with E-state index in [0.717, 1.165) is 44.0 Å². The molecular weight excluding hydrogens is 402 g/mol. The SMILES string of the molecule is Fc1ccccc1-c1ccc(CN2CCN(C3CCN(CC(F)(F)F)C3)CC2)s1. The lowest BCUT2D eigenvalue weighted by Crippen LogP contribution is -2.50. The maximum Gasteiger partial charge on any atom is 0.401 e. The molecule has 0 amide bonds. The van der Waals surface area contributed by atoms with Gasteiger partial charge in [-0.05, 0) is 24.6 Å². The molecule has 2 aromatic rings. The molecule has 0 aliphatic carbocycles. The minimum absolute atomic E-state index is 0.203. The zero-order chi connectivity index (χ0) is 20.4. The molecule has 0 bridgehead atoms. The fraction of sp³-hybridized carbons (Fsp3) is 0.524. The van der Waals surface area contributed by atoms with Gasteiger partial charge in [-0.1, -0.05) is 18.2 Å². The minimum Gasteiger partial charge on any atom is -0.297 e. The quantitative estimate of drug-likeness (QED) is 0.659. The van der Waals surface area contributed by atoms with Crippen LogP contribution in [0.2, 0.25) is 0 Å². The van der Waals surface area contributed by atoms with Crippen molar-refractivity contribution < 1.29 is 17.6 Å². The van der Waals surface area contributed by atoms with E-state index in [1.165, 1.54) is 15.8 Å². The Morgan fingerprint density at radius 2 is 1.69 bits per heavy atom. The minimum atomic E-state index is -4.12. The lowest BCUT2D eigenvalue weighted by molar-refractivity contribution is -0.144. The summed E-state index contributed by atoms with van der Waals surface area (Å²) in [6.45, 7) is 4.65. The van der Waals surface area contributed by atoms with E-state index in [4.69, 9.17) is 0 Å². The number of hydrogen-bond acceptors (Lipinski definition) is 4. The third-order valence-electron chi connectivity index (χ3n) is 5.75. The zero-order valence-electron chi connectivity index (χ0n) is 16.2. The Morgan fingerprint density at radius 1 is 0.931 bits per heavy atom. The van der Waals surface area contributed by atoms with Crippen molar-refractivity contribution in [1.29, 1.82) is 0 Å². The summed E-state index contributed by atoms with van der Waals surface area (Å²) in [6, 6.07) is 11.1. The van der Waals surface area contributed by atoms with Crippen molar-refractivity contribution in [2.24, 2.45) is 0 Å². The van der Waals surface area contributed by atoms with Gasteiger partial charge in [0.25, 0.3) is 0 Å². The second kappa shape index (κ2) is 8.71. The van der Waals surface area contributed by atoms with Gasteiger partial charge in [0.2, 0.25) is 0 Å². The molecule has 0 radical (unpaired) electrons. The Balaban J connectivity index is 1.26. The Bertz CT molecular complexity index is 814. The van der Waals surface area contributed by atoms with Crippen LogP contribution in [0.4, 0.5) is 17.6 Å². The summed E-state index contributed by atoms with van der Waals surface area (Å²) in [6.07, 6.45) is -3.30. The van der Waals surface area contributed by atoms with Crippen molar-refractivity contribution in [2.45, 2.75) is 25.2 Å². The summed E-state index contributed by atoms with van der Waals surface area (Å²) in [5, 5.41) is 0. The van der Waals surface area contributed by atoms with E-state index >= 15 is 0 Å². The Hall–Kier alpha value is -1.48. The van der Waals surface area contributed by atoms with Crippen molar-refractivity contribution in [2.75, 3.05) is 45.8 Å². The van der Waals surface area contributed by atoms with Crippen LogP contribution in [0, 0.1) is 5.82 Å². The molecule has 1 aromatic carbocycles. The number of nitrogens with zero attached hydrogens (tertiary/aromatic N) is 3. The highest BCUT2D eigenvalue weighted by Gasteiger charge is 2.36. The first-order chi connectivity index (χ1) is 13.9. The Labute approximate surface area is 172 Å². The average Bonchev–Trinajstić information content (AvgIpc) is 3.31. The van der Waals surface area contributed by atoms with Crippen LogP contribution < -0.4 is 0 Å². The van der Waals surface area contributed by atoms with E-state index in [-0.39, 0.29) is 11.9 Å². The van der Waals surface area contributed by atoms with E-state index in [2.05, 4.69) is 15.9 Å². The van der Waals surface area contributed by atoms with Crippen molar-refractivity contribution in [3.63, 3.8) is 0 Å². The summed E-state index contributed by atoms with van der Waals surface area (Å²) in [7, 11) is 0. The topological polar surface area (TPSA) is 9.72 Å². The van der Waals surface area contributed by atoms with Gasteiger partial charge >= 0.3 is 6.18 Å². The van der Waals surface area contributed by atoms with Crippen LogP contribution in [-0.4, -0.2) is 72.7 Å². The predicted octanol–water partition coefficient (Wildman–Crippen LogP) is 4.31. The van der Waals surface area contributed by atoms with Gasteiger partial charge in [-0.15, -0.1) is 11.3 Å². The summed E-state index contributed by atoms with van der Waals surface area (Å²) < 4.78 is 51.7. The van der Waals surface area contributed by atoms with E-state index in [1.807, 2.05) is 12.1 Å². The third-order valence-corrected chi connectivity index (χ3v) is 6.86. The Kier molecular flexibility index (Phi) is 6.24. The lowest BCUT2D eigenvalue weighted by Gasteiger charge is -2.38. The molecule has 2 saturated heterocycles. The molecule has 0 N–H and O–H groups in total. The van der Waals surface area contributed by atoms with Crippen molar-refractivity contribution in [1.82, 2.24) is 14.7 Å². The summed E-state index contributed by atoms with van der Waals surface area (Å²) >= 11 is 1.62. The molecule has 29 heavy (non-hydrogen) atoms. The van der Waals surface area contributed by atoms with Gasteiger partial charge in [0.15, 0.2) is 0 Å². The Morgan fingerprint density at radius 3 is 2.41 bits per heavy atom. The summed E-state index contributed by atoms with van der Waals surface area (Å²) in [4.78, 5) is 8.37. The number of benzene rings is 1. The molecular formula is C21H25F4N3S. The molecule has 2 aliphatic rings. The van der Waals surface area contributed by atoms with Crippen molar-refractivity contribution in [3.8, 4) is 10.4 Å². The third kappa shape index (κ3) is 5.36. The van der Waals surface area contributed by atoms with Gasteiger partial charge in [-0.25, -0.2) is 4.39 Å². The highest BCUT2D eigenvalue weighted by atomic mass is 32.1. The second-order valence-corrected chi connectivity index (χ2v) is 9.02. The molecule has 3 nitrogen and oxygen atoms in total. The molecule has 2 fully saturated rings. The van der Waals surface area contributed by atoms with Crippen LogP contribution in [0.25, 0.3) is 10.4 Å². The molecule has 4 rings (SSSR count). The number of piperazine rings is 1. The molecule has 1 atom stereocenters. The lowest BCUT2D eigenvalue weighted by atomic mass is 10.2. The number of hydrogen-bond donors (Lipinski definition) is 0. The maximum absolute atomic E-state index is 14.0. The highest BCUT2D eigenvalue weighted by molar-refractivity contribution is 7.15. The van der Waals surface area contributed by atoms with Gasteiger partial charge in [0.1, 0.15) is 5.82 Å². The fourth-order valence-corrected chi connectivity index (χ4v) is 5.36.